The quantitative estimate of drug-likeness (QED) is 0.784. The van der Waals surface area contributed by atoms with Gasteiger partial charge in [0.05, 0.1) is 6.61 Å². The Hall–Kier alpha value is -2.04. The zero-order chi connectivity index (χ0) is 12.7. The summed E-state index contributed by atoms with van der Waals surface area (Å²) < 4.78 is 4.60. The van der Waals surface area contributed by atoms with Gasteiger partial charge in [0.2, 0.25) is 0 Å². The van der Waals surface area contributed by atoms with Gasteiger partial charge in [-0.3, -0.25) is 10.2 Å². The minimum Gasteiger partial charge on any atom is -0.449 e. The number of hydrazine groups is 1. The highest BCUT2D eigenvalue weighted by atomic mass is 16.5. The number of carbonyl (C=O) groups excluding carboxylic acids is 2. The SMILES string of the molecule is CCOC(=O)NNC(=O)c1ccc(CC)cc1. The molecule has 0 unspecified atom stereocenters. The van der Waals surface area contributed by atoms with Crippen LogP contribution in [0.5, 0.6) is 0 Å². The van der Waals surface area contributed by atoms with E-state index in [1.807, 2.05) is 19.1 Å². The van der Waals surface area contributed by atoms with Crippen LogP contribution in [-0.2, 0) is 11.2 Å². The molecule has 2 amide bonds. The lowest BCUT2D eigenvalue weighted by atomic mass is 10.1. The highest BCUT2D eigenvalue weighted by Gasteiger charge is 2.06. The molecule has 0 saturated heterocycles. The van der Waals surface area contributed by atoms with Crippen LogP contribution in [0.1, 0.15) is 29.8 Å². The van der Waals surface area contributed by atoms with Crippen LogP contribution in [0.25, 0.3) is 0 Å². The Labute approximate surface area is 100 Å². The molecular weight excluding hydrogens is 220 g/mol. The molecule has 0 radical (unpaired) electrons. The Kier molecular flexibility index (Phi) is 5.00. The molecule has 0 aliphatic heterocycles. The number of nitrogens with one attached hydrogen (secondary N) is 2. The van der Waals surface area contributed by atoms with Crippen LogP contribution >= 0.6 is 0 Å². The fraction of sp³-hybridized carbons (Fsp3) is 0.333. The molecule has 2 N–H and O–H groups in total. The van der Waals surface area contributed by atoms with E-state index in [0.29, 0.717) is 5.56 Å². The summed E-state index contributed by atoms with van der Waals surface area (Å²) >= 11 is 0. The Balaban J connectivity index is 2.49. The highest BCUT2D eigenvalue weighted by molar-refractivity contribution is 5.94. The van der Waals surface area contributed by atoms with Gasteiger partial charge in [-0.05, 0) is 31.0 Å². The summed E-state index contributed by atoms with van der Waals surface area (Å²) in [6.45, 7) is 3.98. The zero-order valence-electron chi connectivity index (χ0n) is 9.95. The minimum absolute atomic E-state index is 0.257. The number of aryl methyl sites for hydroxylation is 1. The molecule has 0 aliphatic carbocycles. The van der Waals surface area contributed by atoms with Gasteiger partial charge < -0.3 is 4.74 Å². The number of benzene rings is 1. The Morgan fingerprint density at radius 3 is 2.29 bits per heavy atom. The van der Waals surface area contributed by atoms with E-state index in [2.05, 4.69) is 15.6 Å². The summed E-state index contributed by atoms with van der Waals surface area (Å²) in [5, 5.41) is 0. The van der Waals surface area contributed by atoms with E-state index in [1.165, 1.54) is 0 Å². The first-order valence-electron chi connectivity index (χ1n) is 5.49. The first-order chi connectivity index (χ1) is 8.17. The van der Waals surface area contributed by atoms with Gasteiger partial charge in [0.1, 0.15) is 0 Å². The number of hydrogen-bond acceptors (Lipinski definition) is 3. The monoisotopic (exact) mass is 236 g/mol. The first kappa shape index (κ1) is 13.0. The van der Waals surface area contributed by atoms with Crippen molar-refractivity contribution in [3.8, 4) is 0 Å². The minimum atomic E-state index is -0.675. The van der Waals surface area contributed by atoms with Crippen LogP contribution in [-0.4, -0.2) is 18.6 Å². The van der Waals surface area contributed by atoms with E-state index in [4.69, 9.17) is 0 Å². The van der Waals surface area contributed by atoms with Crippen molar-refractivity contribution in [2.45, 2.75) is 20.3 Å². The van der Waals surface area contributed by atoms with E-state index in [-0.39, 0.29) is 12.5 Å². The second-order valence-corrected chi connectivity index (χ2v) is 3.35. The number of carbonyl (C=O) groups is 2. The number of ether oxygens (including phenoxy) is 1. The van der Waals surface area contributed by atoms with Gasteiger partial charge >= 0.3 is 6.09 Å². The first-order valence-corrected chi connectivity index (χ1v) is 5.49. The van der Waals surface area contributed by atoms with Gasteiger partial charge in [0.25, 0.3) is 5.91 Å². The fourth-order valence-electron chi connectivity index (χ4n) is 1.24. The Morgan fingerprint density at radius 2 is 1.76 bits per heavy atom. The van der Waals surface area contributed by atoms with Crippen LogP contribution < -0.4 is 10.9 Å². The zero-order valence-corrected chi connectivity index (χ0v) is 9.95. The highest BCUT2D eigenvalue weighted by Crippen LogP contribution is 2.04. The molecule has 0 saturated carbocycles. The second kappa shape index (κ2) is 6.52. The van der Waals surface area contributed by atoms with E-state index in [1.54, 1.807) is 19.1 Å². The molecule has 0 heterocycles. The van der Waals surface area contributed by atoms with Crippen LogP contribution in [0.15, 0.2) is 24.3 Å². The number of rotatable bonds is 3. The molecule has 5 nitrogen and oxygen atoms in total. The molecule has 0 fully saturated rings. The van der Waals surface area contributed by atoms with Crippen LogP contribution in [0.4, 0.5) is 4.79 Å². The Morgan fingerprint density at radius 1 is 1.12 bits per heavy atom. The fourth-order valence-corrected chi connectivity index (χ4v) is 1.24. The van der Waals surface area contributed by atoms with Crippen molar-refractivity contribution in [1.82, 2.24) is 10.9 Å². The van der Waals surface area contributed by atoms with Crippen LogP contribution in [0.3, 0.4) is 0 Å². The van der Waals surface area contributed by atoms with Crippen molar-refractivity contribution in [3.05, 3.63) is 35.4 Å². The average Bonchev–Trinajstić information content (AvgIpc) is 2.36. The topological polar surface area (TPSA) is 67.4 Å². The maximum absolute atomic E-state index is 11.6. The largest absolute Gasteiger partial charge is 0.449 e. The van der Waals surface area contributed by atoms with E-state index in [9.17, 15) is 9.59 Å². The van der Waals surface area contributed by atoms with Crippen molar-refractivity contribution in [2.24, 2.45) is 0 Å². The van der Waals surface area contributed by atoms with E-state index in [0.717, 1.165) is 12.0 Å². The summed E-state index contributed by atoms with van der Waals surface area (Å²) in [4.78, 5) is 22.5. The van der Waals surface area contributed by atoms with Crippen LogP contribution in [0, 0.1) is 0 Å². The summed E-state index contributed by atoms with van der Waals surface area (Å²) in [5.41, 5.74) is 6.05. The predicted molar refractivity (Wildman–Crippen MR) is 63.4 cm³/mol. The number of hydrogen-bond donors (Lipinski definition) is 2. The predicted octanol–water partition coefficient (Wildman–Crippen LogP) is 1.64. The maximum Gasteiger partial charge on any atom is 0.426 e. The van der Waals surface area contributed by atoms with Crippen molar-refractivity contribution >= 4 is 12.0 Å². The van der Waals surface area contributed by atoms with Gasteiger partial charge in [0.15, 0.2) is 0 Å². The molecule has 92 valence electrons. The third-order valence-electron chi connectivity index (χ3n) is 2.18. The van der Waals surface area contributed by atoms with Crippen molar-refractivity contribution in [1.29, 1.82) is 0 Å². The smallest absolute Gasteiger partial charge is 0.426 e. The van der Waals surface area contributed by atoms with Gasteiger partial charge in [-0.15, -0.1) is 0 Å². The average molecular weight is 236 g/mol. The van der Waals surface area contributed by atoms with E-state index < -0.39 is 6.09 Å². The summed E-state index contributed by atoms with van der Waals surface area (Å²) in [7, 11) is 0. The molecule has 0 bridgehead atoms. The molecular formula is C12H16N2O3. The summed E-state index contributed by atoms with van der Waals surface area (Å²) in [6, 6.07) is 7.17. The lowest BCUT2D eigenvalue weighted by molar-refractivity contribution is 0.0912. The lowest BCUT2D eigenvalue weighted by Gasteiger charge is -2.07. The molecule has 0 aromatic heterocycles. The molecule has 1 aromatic rings. The molecule has 5 heteroatoms. The van der Waals surface area contributed by atoms with Gasteiger partial charge in [-0.1, -0.05) is 19.1 Å². The normalized spacial score (nSPS) is 9.53. The Bertz CT molecular complexity index is 387. The van der Waals surface area contributed by atoms with Gasteiger partial charge in [0, 0.05) is 5.56 Å². The van der Waals surface area contributed by atoms with Crippen molar-refractivity contribution in [3.63, 3.8) is 0 Å². The molecule has 0 aliphatic rings. The van der Waals surface area contributed by atoms with Crippen molar-refractivity contribution in [2.75, 3.05) is 6.61 Å². The molecule has 0 atom stereocenters. The third kappa shape index (κ3) is 4.14. The molecule has 1 rings (SSSR count). The van der Waals surface area contributed by atoms with Crippen LogP contribution in [0.2, 0.25) is 0 Å². The molecule has 1 aromatic carbocycles. The summed E-state index contributed by atoms with van der Waals surface area (Å²) in [5.74, 6) is -0.374. The van der Waals surface area contributed by atoms with Gasteiger partial charge in [-0.2, -0.15) is 0 Å². The third-order valence-corrected chi connectivity index (χ3v) is 2.18. The van der Waals surface area contributed by atoms with Crippen molar-refractivity contribution < 1.29 is 14.3 Å². The summed E-state index contributed by atoms with van der Waals surface area (Å²) in [6.07, 6.45) is 0.245. The number of amides is 2. The maximum atomic E-state index is 11.6. The van der Waals surface area contributed by atoms with Gasteiger partial charge in [-0.25, -0.2) is 10.2 Å². The molecule has 0 spiro atoms. The standard InChI is InChI=1S/C12H16N2O3/c1-3-9-5-7-10(8-6-9)11(15)13-14-12(16)17-4-2/h5-8H,3-4H2,1-2H3,(H,13,15)(H,14,16). The second-order valence-electron chi connectivity index (χ2n) is 3.35. The molecule has 17 heavy (non-hydrogen) atoms. The van der Waals surface area contributed by atoms with E-state index >= 15 is 0 Å². The lowest BCUT2D eigenvalue weighted by Crippen LogP contribution is -2.41.